The maximum Gasteiger partial charge on any atom is 0.274 e. The summed E-state index contributed by atoms with van der Waals surface area (Å²) < 4.78 is 102. The fourth-order valence-corrected chi connectivity index (χ4v) is 10.8. The summed E-state index contributed by atoms with van der Waals surface area (Å²) in [6, 6.07) is 82.0. The monoisotopic (exact) mass is 3070 g/mol. The van der Waals surface area contributed by atoms with Gasteiger partial charge >= 0.3 is 0 Å². The van der Waals surface area contributed by atoms with Gasteiger partial charge in [0.05, 0.1) is 40.1 Å². The molecule has 0 atom stereocenters. The Morgan fingerprint density at radius 2 is 0.858 bits per heavy atom. The van der Waals surface area contributed by atoms with Gasteiger partial charge in [-0.3, -0.25) is 48.4 Å². The van der Waals surface area contributed by atoms with Gasteiger partial charge in [-0.25, -0.2) is 0 Å². The number of hydrogen-bond acceptors (Lipinski definition) is 19. The summed E-state index contributed by atoms with van der Waals surface area (Å²) in [6.07, 6.45) is 18.0. The first-order valence-electron chi connectivity index (χ1n) is 40.5. The number of fused-ring (bicyclic) bond motifs is 1. The molecule has 0 saturated heterocycles. The minimum Gasteiger partial charge on any atom is -0.512 e. The Hall–Kier alpha value is -10.7. The molecule has 7 aromatic carbocycles. The molecule has 0 unspecified atom stereocenters. The van der Waals surface area contributed by atoms with E-state index in [-0.39, 0.29) is 207 Å². The number of aromatic nitrogens is 9. The zero-order valence-corrected chi connectivity index (χ0v) is 96.1. The minimum absolute atomic E-state index is 0. The number of allylic oxidation sites excluding steroid dienone is 12. The molecule has 38 heteroatoms. The second-order valence-corrected chi connectivity index (χ2v) is 34.6. The third-order valence-electron chi connectivity index (χ3n) is 15.6. The van der Waals surface area contributed by atoms with E-state index in [4.69, 9.17) is 37.1 Å². The zero-order chi connectivity index (χ0) is 102. The van der Waals surface area contributed by atoms with Gasteiger partial charge in [-0.2, -0.15) is 58.2 Å². The fraction of sp³-hybridized carbons (Fsp3) is 0.194. The number of hydrogen-bond donors (Lipinski definition) is 6. The number of benzene rings is 7. The van der Waals surface area contributed by atoms with Crippen LogP contribution >= 0.6 is 33.0 Å². The van der Waals surface area contributed by atoms with Crippen molar-refractivity contribution in [1.82, 2.24) is 44.5 Å². The number of rotatable bonds is 15. The fourth-order valence-electron chi connectivity index (χ4n) is 9.64. The van der Waals surface area contributed by atoms with Crippen LogP contribution in [-0.2, 0) is 163 Å². The van der Waals surface area contributed by atoms with Gasteiger partial charge in [0.2, 0.25) is 11.2 Å². The van der Waals surface area contributed by atoms with Crippen LogP contribution in [0.15, 0.2) is 342 Å². The first kappa shape index (κ1) is 139. The number of aliphatic hydroxyl groups is 6. The molecule has 0 aliphatic heterocycles. The predicted octanol–water partition coefficient (Wildman–Crippen LogP) is 27.6. The Balaban J connectivity index is -0.000000482. The van der Waals surface area contributed by atoms with Gasteiger partial charge in [0.25, 0.3) is 10.2 Å². The Kier molecular flexibility index (Phi) is 68.2. The number of halogens is 9. The van der Waals surface area contributed by atoms with Crippen molar-refractivity contribution in [2.24, 2.45) is 17.9 Å². The SMILES string of the molecule is CC(=O)C=C(C)O.CC(=O)C=C(C)O.CC(=O)C=C(C)O.CC(=O)C=C(C)O.CC(=O)C=C(C)O.CC(C)(C)C(=O)C=C(O)C(C)(C)C.Clc1ccc(-c2[c-]cccc2)nn1.Cn1ccnc1-c1[c-]cccc1.FS(F)(F)(F)(F)c1c[c-]c(-n2cccn2)cc1.FS(F)(F)c1c[c-]c(-c2ccccn2)cc1.[Ir].[Ir].[Ir].[Ir].[Ir].[Ir].[c-]1ccccc1-c1ccc2ccccc2n1.[c-]1ccccc1Cc1ccccn1. The number of carbonyl (C=O) groups is 6. The van der Waals surface area contributed by atoms with E-state index in [9.17, 15) is 65.0 Å². The van der Waals surface area contributed by atoms with Crippen LogP contribution in [0.25, 0.3) is 61.8 Å². The number of aryl methyl sites for hydroxylation is 1. The van der Waals surface area contributed by atoms with Gasteiger partial charge < -0.3 is 40.2 Å². The van der Waals surface area contributed by atoms with E-state index in [1.807, 2.05) is 205 Å². The number of nitrogens with zero attached hydrogens (tertiary/aromatic N) is 9. The Morgan fingerprint density at radius 1 is 0.411 bits per heavy atom. The molecule has 0 aliphatic carbocycles. The van der Waals surface area contributed by atoms with E-state index in [1.165, 1.54) is 140 Å². The molecule has 772 valence electrons. The average Bonchev–Trinajstić information content (AvgIpc) is 1.09. The number of carbonyl (C=O) groups excluding carboxylic acids is 6. The molecular formula is C103H108ClF8Ir6N9O12S2-6. The average molecular weight is 3070 g/mol. The summed E-state index contributed by atoms with van der Waals surface area (Å²) in [5, 5.41) is 64.4. The second kappa shape index (κ2) is 69.3. The van der Waals surface area contributed by atoms with E-state index in [0.717, 1.165) is 69.7 Å². The summed E-state index contributed by atoms with van der Waals surface area (Å²) in [5.41, 5.74) is 8.61. The maximum atomic E-state index is 12.4. The van der Waals surface area contributed by atoms with Crippen molar-refractivity contribution in [1.29, 1.82) is 0 Å². The van der Waals surface area contributed by atoms with E-state index < -0.39 is 36.6 Å². The van der Waals surface area contributed by atoms with E-state index in [2.05, 4.69) is 89.8 Å². The number of pyridine rings is 3. The molecule has 6 heterocycles. The zero-order valence-electron chi connectivity index (χ0n) is 79.4. The third kappa shape index (κ3) is 64.5. The molecule has 0 spiro atoms. The van der Waals surface area contributed by atoms with Crippen molar-refractivity contribution in [3.05, 3.63) is 385 Å². The van der Waals surface area contributed by atoms with Crippen molar-refractivity contribution < 1.29 is 211 Å². The van der Waals surface area contributed by atoms with Crippen LogP contribution in [0.1, 0.15) is 122 Å². The molecule has 141 heavy (non-hydrogen) atoms. The predicted molar refractivity (Wildman–Crippen MR) is 519 cm³/mol. The van der Waals surface area contributed by atoms with Crippen molar-refractivity contribution in [3.8, 4) is 50.8 Å². The Morgan fingerprint density at radius 3 is 1.21 bits per heavy atom. The summed E-state index contributed by atoms with van der Waals surface area (Å²) in [4.78, 5) is 76.1. The standard InChI is InChI=1S/C15H10N.C12H10N.C11H7F3NS.C11H20O2.C10H6ClN2.C10H9N2.C9H6F5N2S.5C5H8O2.6Ir/c1-2-6-12(7-3-1)15-11-10-13-8-4-5-9-14(13)16-15;1-2-6-11(7-3-1)10-12-8-4-5-9-13-12;12-16(13,14)10-6-4-9(5-7-10)11-3-1-2-8-15-11;1-10(2,3)8(12)7-9(13)11(4,5)6;11-10-7-6-9(12-13-10)8-4-2-1-3-5-8;1-12-8-7-11-10(12)9-5-3-2-4-6-9;10-17(11,12,13,14)9-4-2-8(3-5-9)16-7-1-6-15-16;5*1-4(6)3-5(2)7;;;;;;/h1-6,8-11H;1-6,8-9H,10H2;1-4,6-8H;7,12H,1-6H3;1-4,6-7H;2-5,7-8H,1H3;1-2,4-7H;5*3,6H,1-2H3;;;;;;/q3*-1;;3*-1;;;;;;;;;;;. The van der Waals surface area contributed by atoms with E-state index in [0.29, 0.717) is 22.5 Å². The van der Waals surface area contributed by atoms with Crippen LogP contribution in [0, 0.1) is 47.2 Å². The number of aliphatic hydroxyl groups excluding tert-OH is 6. The summed E-state index contributed by atoms with van der Waals surface area (Å²) in [5.74, 6) is 0.746. The van der Waals surface area contributed by atoms with Crippen LogP contribution in [0.5, 0.6) is 0 Å². The summed E-state index contributed by atoms with van der Waals surface area (Å²) in [6.45, 7) is 25.4. The molecule has 6 N–H and O–H groups in total. The van der Waals surface area contributed by atoms with Crippen LogP contribution in [-0.4, -0.2) is 110 Å². The molecule has 13 rings (SSSR count). The first-order chi connectivity index (χ1) is 62.9. The second-order valence-electron chi connectivity index (χ2n) is 30.5. The van der Waals surface area contributed by atoms with Crippen LogP contribution in [0.3, 0.4) is 0 Å². The molecule has 6 aromatic heterocycles. The van der Waals surface area contributed by atoms with Gasteiger partial charge in [0.15, 0.2) is 34.7 Å². The van der Waals surface area contributed by atoms with Gasteiger partial charge in [-0.1, -0.05) is 108 Å². The largest absolute Gasteiger partial charge is 0.512 e. The van der Waals surface area contributed by atoms with E-state index in [1.54, 1.807) is 42.7 Å². The molecule has 0 amide bonds. The molecule has 21 nitrogen and oxygen atoms in total. The van der Waals surface area contributed by atoms with E-state index >= 15 is 0 Å². The van der Waals surface area contributed by atoms with Crippen molar-refractivity contribution >= 4 is 78.6 Å². The van der Waals surface area contributed by atoms with Gasteiger partial charge in [-0.15, -0.1) is 186 Å². The normalized spacial score (nSPS) is 11.4. The topological polar surface area (TPSA) is 324 Å². The minimum atomic E-state index is -9.60. The van der Waals surface area contributed by atoms with Crippen LogP contribution in [0.2, 0.25) is 5.15 Å². The van der Waals surface area contributed by atoms with Gasteiger partial charge in [0.1, 0.15) is 10.9 Å². The Labute approximate surface area is 906 Å². The summed E-state index contributed by atoms with van der Waals surface area (Å²) >= 11 is 0.462. The number of ketones is 6. The number of imidazole rings is 1. The summed E-state index contributed by atoms with van der Waals surface area (Å²) in [7, 11) is -7.63. The first-order valence-corrected chi connectivity index (χ1v) is 44.2. The van der Waals surface area contributed by atoms with Gasteiger partial charge in [-0.05, 0) is 144 Å². The van der Waals surface area contributed by atoms with Crippen molar-refractivity contribution in [2.75, 3.05) is 0 Å². The van der Waals surface area contributed by atoms with Crippen molar-refractivity contribution in [2.45, 2.75) is 127 Å². The quantitative estimate of drug-likeness (QED) is 0.0240. The molecule has 0 aliphatic rings. The van der Waals surface area contributed by atoms with Crippen LogP contribution < -0.4 is 0 Å². The molecule has 6 radical (unpaired) electrons. The smallest absolute Gasteiger partial charge is 0.274 e. The van der Waals surface area contributed by atoms with Crippen molar-refractivity contribution in [3.63, 3.8) is 0 Å². The maximum absolute atomic E-state index is 12.4. The molecule has 0 fully saturated rings. The van der Waals surface area contributed by atoms with Crippen LogP contribution in [0.4, 0.5) is 31.1 Å². The molecule has 13 aromatic rings. The van der Waals surface area contributed by atoms with Gasteiger partial charge in [0, 0.05) is 224 Å². The number of para-hydroxylation sites is 1. The Bertz CT molecular complexity index is 5810. The molecule has 0 saturated carbocycles. The molecule has 0 bridgehead atoms. The third-order valence-corrected chi connectivity index (χ3v) is 17.8. The molecular weight excluding hydrogens is 2960 g/mol.